The third-order valence-electron chi connectivity index (χ3n) is 1.04. The first-order valence-electron chi connectivity index (χ1n) is 3.47. The first-order chi connectivity index (χ1) is 4.77. The molecule has 0 amide bonds. The molecule has 0 N–H and O–H groups in total. The zero-order chi connectivity index (χ0) is 7.82. The second kappa shape index (κ2) is 7.55. The molecule has 0 aliphatic carbocycles. The molecule has 0 aromatic carbocycles. The number of thioether (sulfide) groups is 2. The normalized spacial score (nSPS) is 9.50. The van der Waals surface area contributed by atoms with Gasteiger partial charge in [0.05, 0.1) is 0 Å². The van der Waals surface area contributed by atoms with Crippen LogP contribution >= 0.6 is 23.5 Å². The molecule has 0 aliphatic rings. The van der Waals surface area contributed by atoms with E-state index in [2.05, 4.69) is 26.2 Å². The summed E-state index contributed by atoms with van der Waals surface area (Å²) in [7, 11) is 0. The molecule has 0 saturated carbocycles. The summed E-state index contributed by atoms with van der Waals surface area (Å²) in [6.07, 6.45) is 4.44. The Kier molecular flexibility index (Phi) is 7.88. The minimum Gasteiger partial charge on any atom is -0.165 e. The number of rotatable bonds is 5. The number of hydrogen-bond donors (Lipinski definition) is 0. The second-order valence-electron chi connectivity index (χ2n) is 2.35. The van der Waals surface area contributed by atoms with Gasteiger partial charge in [0, 0.05) is 17.3 Å². The van der Waals surface area contributed by atoms with Crippen molar-refractivity contribution in [3.63, 3.8) is 0 Å². The van der Waals surface area contributed by atoms with E-state index in [1.807, 2.05) is 23.5 Å². The molecule has 10 heavy (non-hydrogen) atoms. The first-order valence-corrected chi connectivity index (χ1v) is 6.02. The van der Waals surface area contributed by atoms with Gasteiger partial charge < -0.3 is 0 Å². The molecular formula is C8H16S2. The Morgan fingerprint density at radius 1 is 1.30 bits per heavy atom. The molecule has 0 fully saturated rings. The van der Waals surface area contributed by atoms with E-state index in [0.29, 0.717) is 0 Å². The Morgan fingerprint density at radius 3 is 2.50 bits per heavy atom. The summed E-state index contributed by atoms with van der Waals surface area (Å²) in [6.45, 7) is 4.30. The highest BCUT2D eigenvalue weighted by molar-refractivity contribution is 8.02. The molecular weight excluding hydrogens is 160 g/mol. The highest BCUT2D eigenvalue weighted by Crippen LogP contribution is 2.05. The Bertz CT molecular complexity index is 93.4. The van der Waals surface area contributed by atoms with Crippen molar-refractivity contribution < 1.29 is 0 Å². The van der Waals surface area contributed by atoms with Gasteiger partial charge in [-0.05, 0) is 20.1 Å². The van der Waals surface area contributed by atoms with Crippen molar-refractivity contribution in [2.75, 3.05) is 23.5 Å². The molecule has 0 aliphatic heterocycles. The molecule has 0 unspecified atom stereocenters. The van der Waals surface area contributed by atoms with Crippen molar-refractivity contribution in [2.24, 2.45) is 0 Å². The fourth-order valence-corrected chi connectivity index (χ4v) is 2.21. The summed E-state index contributed by atoms with van der Waals surface area (Å²) in [5.74, 6) is 3.75. The van der Waals surface area contributed by atoms with E-state index in [1.165, 1.54) is 22.8 Å². The first kappa shape index (κ1) is 10.4. The molecule has 0 rings (SSSR count). The molecule has 0 radical (unpaired) electrons. The maximum Gasteiger partial charge on any atom is 0.0116 e. The summed E-state index contributed by atoms with van der Waals surface area (Å²) in [5, 5.41) is 0. The minimum absolute atomic E-state index is 1.18. The fourth-order valence-electron chi connectivity index (χ4n) is 0.451. The van der Waals surface area contributed by atoms with Crippen LogP contribution in [0, 0.1) is 0 Å². The van der Waals surface area contributed by atoms with Crippen LogP contribution in [0.3, 0.4) is 0 Å². The highest BCUT2D eigenvalue weighted by Gasteiger charge is 1.84. The zero-order valence-electron chi connectivity index (χ0n) is 7.02. The summed E-state index contributed by atoms with van der Waals surface area (Å²) < 4.78 is 0. The molecule has 0 nitrogen and oxygen atoms in total. The molecule has 0 saturated heterocycles. The Balaban J connectivity index is 2.98. The van der Waals surface area contributed by atoms with E-state index in [9.17, 15) is 0 Å². The Labute approximate surface area is 72.9 Å². The van der Waals surface area contributed by atoms with Crippen molar-refractivity contribution in [2.45, 2.75) is 13.8 Å². The van der Waals surface area contributed by atoms with Gasteiger partial charge in [-0.3, -0.25) is 0 Å². The summed E-state index contributed by atoms with van der Waals surface area (Å²) >= 11 is 3.93. The SMILES string of the molecule is CSCCSCC=C(C)C. The molecule has 0 heterocycles. The van der Waals surface area contributed by atoms with Crippen molar-refractivity contribution in [1.29, 1.82) is 0 Å². The lowest BCUT2D eigenvalue weighted by molar-refractivity contribution is 1.37. The summed E-state index contributed by atoms with van der Waals surface area (Å²) in [4.78, 5) is 0. The van der Waals surface area contributed by atoms with Gasteiger partial charge in [0.2, 0.25) is 0 Å². The van der Waals surface area contributed by atoms with Crippen molar-refractivity contribution in [1.82, 2.24) is 0 Å². The average molecular weight is 176 g/mol. The van der Waals surface area contributed by atoms with Crippen LogP contribution in [-0.2, 0) is 0 Å². The lowest BCUT2D eigenvalue weighted by Gasteiger charge is -1.94. The van der Waals surface area contributed by atoms with Crippen LogP contribution in [0.4, 0.5) is 0 Å². The standard InChI is InChI=1S/C8H16S2/c1-8(2)4-5-10-7-6-9-3/h4H,5-7H2,1-3H3. The van der Waals surface area contributed by atoms with E-state index in [4.69, 9.17) is 0 Å². The van der Waals surface area contributed by atoms with Gasteiger partial charge in [0.25, 0.3) is 0 Å². The van der Waals surface area contributed by atoms with Crippen molar-refractivity contribution in [3.8, 4) is 0 Å². The molecule has 2 heteroatoms. The quantitative estimate of drug-likeness (QED) is 0.466. The van der Waals surface area contributed by atoms with Crippen molar-refractivity contribution in [3.05, 3.63) is 11.6 Å². The molecule has 0 atom stereocenters. The van der Waals surface area contributed by atoms with Gasteiger partial charge in [-0.1, -0.05) is 11.6 Å². The van der Waals surface area contributed by atoms with Gasteiger partial charge in [-0.15, -0.1) is 0 Å². The predicted molar refractivity (Wildman–Crippen MR) is 55.1 cm³/mol. The van der Waals surface area contributed by atoms with Gasteiger partial charge in [0.1, 0.15) is 0 Å². The topological polar surface area (TPSA) is 0 Å². The lowest BCUT2D eigenvalue weighted by Crippen LogP contribution is -1.83. The molecule has 0 bridgehead atoms. The number of allylic oxidation sites excluding steroid dienone is 1. The molecule has 0 spiro atoms. The monoisotopic (exact) mass is 176 g/mol. The summed E-state index contributed by atoms with van der Waals surface area (Å²) in [6, 6.07) is 0. The largest absolute Gasteiger partial charge is 0.165 e. The van der Waals surface area contributed by atoms with E-state index in [1.54, 1.807) is 0 Å². The van der Waals surface area contributed by atoms with Gasteiger partial charge in [-0.25, -0.2) is 0 Å². The molecule has 0 aromatic heterocycles. The summed E-state index contributed by atoms with van der Waals surface area (Å²) in [5.41, 5.74) is 1.43. The minimum atomic E-state index is 1.18. The predicted octanol–water partition coefficient (Wildman–Crippen LogP) is 3.05. The maximum atomic E-state index is 2.28. The van der Waals surface area contributed by atoms with Crippen molar-refractivity contribution >= 4 is 23.5 Å². The highest BCUT2D eigenvalue weighted by atomic mass is 32.2. The fraction of sp³-hybridized carbons (Fsp3) is 0.750. The maximum absolute atomic E-state index is 2.28. The Hall–Kier alpha value is 0.440. The smallest absolute Gasteiger partial charge is 0.0116 e. The molecule has 0 aromatic rings. The van der Waals surface area contributed by atoms with Gasteiger partial charge in [-0.2, -0.15) is 23.5 Å². The van der Waals surface area contributed by atoms with Crippen LogP contribution in [0.15, 0.2) is 11.6 Å². The van der Waals surface area contributed by atoms with Gasteiger partial charge >= 0.3 is 0 Å². The third kappa shape index (κ3) is 8.44. The van der Waals surface area contributed by atoms with E-state index in [0.717, 1.165) is 0 Å². The van der Waals surface area contributed by atoms with Crippen LogP contribution < -0.4 is 0 Å². The van der Waals surface area contributed by atoms with Crippen LogP contribution in [0.5, 0.6) is 0 Å². The van der Waals surface area contributed by atoms with Gasteiger partial charge in [0.15, 0.2) is 0 Å². The Morgan fingerprint density at radius 2 is 2.00 bits per heavy atom. The second-order valence-corrected chi connectivity index (χ2v) is 4.48. The number of hydrogen-bond acceptors (Lipinski definition) is 2. The lowest BCUT2D eigenvalue weighted by atomic mass is 10.3. The zero-order valence-corrected chi connectivity index (χ0v) is 8.65. The van der Waals surface area contributed by atoms with E-state index < -0.39 is 0 Å². The van der Waals surface area contributed by atoms with E-state index in [-0.39, 0.29) is 0 Å². The third-order valence-corrected chi connectivity index (χ3v) is 2.81. The van der Waals surface area contributed by atoms with Crippen LogP contribution in [-0.4, -0.2) is 23.5 Å². The van der Waals surface area contributed by atoms with Crippen LogP contribution in [0.25, 0.3) is 0 Å². The van der Waals surface area contributed by atoms with Crippen LogP contribution in [0.1, 0.15) is 13.8 Å². The van der Waals surface area contributed by atoms with Crippen LogP contribution in [0.2, 0.25) is 0 Å². The average Bonchev–Trinajstić information content (AvgIpc) is 1.87. The molecule has 60 valence electrons. The van der Waals surface area contributed by atoms with E-state index >= 15 is 0 Å².